The molecule has 3 aliphatic rings. The van der Waals surface area contributed by atoms with Gasteiger partial charge in [0, 0.05) is 19.8 Å². The highest BCUT2D eigenvalue weighted by Gasteiger charge is 2.43. The first kappa shape index (κ1) is 15.9. The molecule has 2 fully saturated rings. The monoisotopic (exact) mass is 329 g/mol. The molecule has 1 aromatic rings. The van der Waals surface area contributed by atoms with E-state index in [-0.39, 0.29) is 5.91 Å². The lowest BCUT2D eigenvalue weighted by Crippen LogP contribution is -2.27. The van der Waals surface area contributed by atoms with Gasteiger partial charge in [0.25, 0.3) is 5.91 Å². The molecule has 1 N–H and O–H groups in total. The van der Waals surface area contributed by atoms with Gasteiger partial charge in [-0.25, -0.2) is 0 Å². The molecule has 0 aromatic heterocycles. The van der Waals surface area contributed by atoms with Crippen LogP contribution in [-0.4, -0.2) is 32.8 Å². The van der Waals surface area contributed by atoms with Crippen molar-refractivity contribution < 1.29 is 14.3 Å². The number of rotatable bonds is 5. The third-order valence-electron chi connectivity index (χ3n) is 6.03. The van der Waals surface area contributed by atoms with Gasteiger partial charge in [-0.1, -0.05) is 0 Å². The van der Waals surface area contributed by atoms with Crippen LogP contribution in [0.15, 0.2) is 12.1 Å². The molecule has 4 rings (SSSR count). The molecule has 1 aromatic carbocycles. The van der Waals surface area contributed by atoms with Gasteiger partial charge in [0.05, 0.1) is 12.7 Å². The van der Waals surface area contributed by atoms with E-state index in [1.165, 1.54) is 36.8 Å². The molecule has 130 valence electrons. The van der Waals surface area contributed by atoms with Crippen molar-refractivity contribution in [3.8, 4) is 5.75 Å². The van der Waals surface area contributed by atoms with E-state index in [0.717, 1.165) is 44.4 Å². The maximum Gasteiger partial charge on any atom is 0.255 e. The minimum Gasteiger partial charge on any atom is -0.496 e. The fourth-order valence-electron chi connectivity index (χ4n) is 4.49. The van der Waals surface area contributed by atoms with Crippen molar-refractivity contribution in [3.63, 3.8) is 0 Å². The second-order valence-electron chi connectivity index (χ2n) is 7.49. The van der Waals surface area contributed by atoms with Gasteiger partial charge < -0.3 is 14.8 Å². The first-order valence-corrected chi connectivity index (χ1v) is 9.32. The number of fused-ring (bicyclic) bond motifs is 1. The van der Waals surface area contributed by atoms with Crippen LogP contribution in [0.5, 0.6) is 5.75 Å². The second-order valence-corrected chi connectivity index (χ2v) is 7.49. The fraction of sp³-hybridized carbons (Fsp3) is 0.650. The molecule has 0 bridgehead atoms. The van der Waals surface area contributed by atoms with E-state index in [4.69, 9.17) is 9.47 Å². The smallest absolute Gasteiger partial charge is 0.255 e. The summed E-state index contributed by atoms with van der Waals surface area (Å²) in [5.74, 6) is 2.97. The van der Waals surface area contributed by atoms with Crippen molar-refractivity contribution in [1.29, 1.82) is 0 Å². The van der Waals surface area contributed by atoms with Crippen LogP contribution in [-0.2, 0) is 17.6 Å². The number of carbonyl (C=O) groups excluding carboxylic acids is 1. The van der Waals surface area contributed by atoms with Crippen LogP contribution in [0, 0.1) is 17.8 Å². The Bertz CT molecular complexity index is 622. The van der Waals surface area contributed by atoms with Gasteiger partial charge in [0.15, 0.2) is 0 Å². The van der Waals surface area contributed by atoms with Crippen LogP contribution in [0.4, 0.5) is 0 Å². The Kier molecular flexibility index (Phi) is 4.49. The molecule has 24 heavy (non-hydrogen) atoms. The zero-order valence-electron chi connectivity index (χ0n) is 14.5. The first-order valence-electron chi connectivity index (χ1n) is 9.32. The Balaban J connectivity index is 1.35. The predicted octanol–water partition coefficient (Wildman–Crippen LogP) is 2.98. The summed E-state index contributed by atoms with van der Waals surface area (Å²) in [6.07, 6.45) is 6.99. The van der Waals surface area contributed by atoms with Gasteiger partial charge in [-0.15, -0.1) is 0 Å². The molecule has 0 spiro atoms. The molecule has 0 unspecified atom stereocenters. The highest BCUT2D eigenvalue weighted by atomic mass is 16.5. The molecular formula is C20H27NO3. The summed E-state index contributed by atoms with van der Waals surface area (Å²) >= 11 is 0. The molecule has 1 aliphatic heterocycles. The largest absolute Gasteiger partial charge is 0.496 e. The topological polar surface area (TPSA) is 47.6 Å². The minimum atomic E-state index is 0.0131. The highest BCUT2D eigenvalue weighted by molar-refractivity contribution is 5.97. The zero-order chi connectivity index (χ0) is 16.5. The first-order chi connectivity index (χ1) is 11.8. The Hall–Kier alpha value is -1.55. The van der Waals surface area contributed by atoms with Crippen molar-refractivity contribution in [2.24, 2.45) is 17.8 Å². The van der Waals surface area contributed by atoms with Gasteiger partial charge in [-0.2, -0.15) is 0 Å². The standard InChI is InChI=1S/C20H27NO3/c1-23-19-11-15-4-2-3-14(15)9-18(19)20(22)21-12-16-10-17(16)13-5-7-24-8-6-13/h9,11,13,16-17H,2-8,10,12H2,1H3,(H,21,22)/t16-,17-/m0/s1. The number of aryl methyl sites for hydroxylation is 2. The molecule has 4 heteroatoms. The Morgan fingerprint density at radius 2 is 2.00 bits per heavy atom. The number of nitrogens with one attached hydrogen (secondary N) is 1. The number of hydrogen-bond donors (Lipinski definition) is 1. The number of methoxy groups -OCH3 is 1. The fourth-order valence-corrected chi connectivity index (χ4v) is 4.49. The van der Waals surface area contributed by atoms with Gasteiger partial charge in [-0.05, 0) is 79.5 Å². The molecule has 1 saturated carbocycles. The number of ether oxygens (including phenoxy) is 2. The van der Waals surface area contributed by atoms with Crippen LogP contribution in [0.3, 0.4) is 0 Å². The summed E-state index contributed by atoms with van der Waals surface area (Å²) in [4.78, 5) is 12.6. The van der Waals surface area contributed by atoms with Crippen molar-refractivity contribution in [1.82, 2.24) is 5.32 Å². The highest BCUT2D eigenvalue weighted by Crippen LogP contribution is 2.47. The summed E-state index contributed by atoms with van der Waals surface area (Å²) in [5, 5.41) is 3.15. The predicted molar refractivity (Wildman–Crippen MR) is 92.5 cm³/mol. The lowest BCUT2D eigenvalue weighted by molar-refractivity contribution is 0.0580. The van der Waals surface area contributed by atoms with Gasteiger partial charge in [-0.3, -0.25) is 4.79 Å². The molecule has 1 heterocycles. The molecule has 4 nitrogen and oxygen atoms in total. The Morgan fingerprint density at radius 3 is 2.75 bits per heavy atom. The van der Waals surface area contributed by atoms with Gasteiger partial charge in [0.2, 0.25) is 0 Å². The molecular weight excluding hydrogens is 302 g/mol. The normalized spacial score (nSPS) is 26.0. The maximum atomic E-state index is 12.6. The minimum absolute atomic E-state index is 0.0131. The van der Waals surface area contributed by atoms with E-state index in [1.54, 1.807) is 7.11 Å². The summed E-state index contributed by atoms with van der Waals surface area (Å²) in [5.41, 5.74) is 3.35. The number of amides is 1. The Morgan fingerprint density at radius 1 is 1.25 bits per heavy atom. The van der Waals surface area contributed by atoms with E-state index >= 15 is 0 Å². The van der Waals surface area contributed by atoms with Crippen LogP contribution < -0.4 is 10.1 Å². The summed E-state index contributed by atoms with van der Waals surface area (Å²) < 4.78 is 10.9. The number of hydrogen-bond acceptors (Lipinski definition) is 3. The SMILES string of the molecule is COc1cc2c(cc1C(=O)NC[C@@H]1C[C@H]1C1CCOCC1)CCC2. The van der Waals surface area contributed by atoms with E-state index < -0.39 is 0 Å². The average molecular weight is 329 g/mol. The van der Waals surface area contributed by atoms with E-state index in [0.29, 0.717) is 17.2 Å². The van der Waals surface area contributed by atoms with E-state index in [1.807, 2.05) is 6.07 Å². The van der Waals surface area contributed by atoms with Crippen LogP contribution in [0.1, 0.15) is 47.2 Å². The molecule has 0 radical (unpaired) electrons. The summed E-state index contributed by atoms with van der Waals surface area (Å²) in [7, 11) is 1.65. The Labute approximate surface area is 143 Å². The number of benzene rings is 1. The van der Waals surface area contributed by atoms with E-state index in [9.17, 15) is 4.79 Å². The lowest BCUT2D eigenvalue weighted by atomic mass is 9.93. The average Bonchev–Trinajstić information content (AvgIpc) is 3.26. The number of carbonyl (C=O) groups is 1. The van der Waals surface area contributed by atoms with Crippen molar-refractivity contribution >= 4 is 5.91 Å². The van der Waals surface area contributed by atoms with Crippen molar-refractivity contribution in [2.75, 3.05) is 26.9 Å². The quantitative estimate of drug-likeness (QED) is 0.903. The lowest BCUT2D eigenvalue weighted by Gasteiger charge is -2.22. The molecule has 1 saturated heterocycles. The van der Waals surface area contributed by atoms with Crippen LogP contribution >= 0.6 is 0 Å². The second kappa shape index (κ2) is 6.75. The maximum absolute atomic E-state index is 12.6. The molecule has 1 amide bonds. The van der Waals surface area contributed by atoms with Crippen molar-refractivity contribution in [3.05, 3.63) is 28.8 Å². The molecule has 2 aliphatic carbocycles. The van der Waals surface area contributed by atoms with Crippen molar-refractivity contribution in [2.45, 2.75) is 38.5 Å². The summed E-state index contributed by atoms with van der Waals surface area (Å²) in [6, 6.07) is 4.10. The summed E-state index contributed by atoms with van der Waals surface area (Å²) in [6.45, 7) is 2.61. The van der Waals surface area contributed by atoms with E-state index in [2.05, 4.69) is 11.4 Å². The van der Waals surface area contributed by atoms with Crippen LogP contribution in [0.2, 0.25) is 0 Å². The third-order valence-corrected chi connectivity index (χ3v) is 6.03. The third kappa shape index (κ3) is 3.16. The van der Waals surface area contributed by atoms with Crippen LogP contribution in [0.25, 0.3) is 0 Å². The van der Waals surface area contributed by atoms with Gasteiger partial charge >= 0.3 is 0 Å². The van der Waals surface area contributed by atoms with Gasteiger partial charge in [0.1, 0.15) is 5.75 Å². The zero-order valence-corrected chi connectivity index (χ0v) is 14.5. The molecule has 2 atom stereocenters.